The average Bonchev–Trinajstić information content (AvgIpc) is 3.19. The number of ketones is 1. The molecule has 27 heavy (non-hydrogen) atoms. The van der Waals surface area contributed by atoms with E-state index < -0.39 is 0 Å². The summed E-state index contributed by atoms with van der Waals surface area (Å²) in [6, 6.07) is 27.0. The quantitative estimate of drug-likeness (QED) is 0.488. The standard InChI is InChI=1S/C25H21NO/c1-25(16-23(27)19-12-5-7-13-21(19)25)15-20-18-11-6-8-14-22(18)26-24(20)17-9-3-2-4-10-17/h2-14,26H,15-16H2,1H3/t25-/m0/s1. The third-order valence-corrected chi connectivity index (χ3v) is 5.87. The molecule has 0 fully saturated rings. The van der Waals surface area contributed by atoms with Crippen molar-refractivity contribution in [1.29, 1.82) is 0 Å². The molecule has 4 aromatic rings. The number of carbonyl (C=O) groups is 1. The Kier molecular flexibility index (Phi) is 3.54. The van der Waals surface area contributed by atoms with E-state index in [-0.39, 0.29) is 11.2 Å². The summed E-state index contributed by atoms with van der Waals surface area (Å²) in [4.78, 5) is 16.2. The van der Waals surface area contributed by atoms with Crippen molar-refractivity contribution < 1.29 is 4.79 Å². The third-order valence-electron chi connectivity index (χ3n) is 5.87. The first-order valence-electron chi connectivity index (χ1n) is 9.43. The molecule has 0 saturated heterocycles. The number of carbonyl (C=O) groups excluding carboxylic acids is 1. The molecule has 2 nitrogen and oxygen atoms in total. The van der Waals surface area contributed by atoms with Gasteiger partial charge in [-0.25, -0.2) is 0 Å². The van der Waals surface area contributed by atoms with Gasteiger partial charge in [0.25, 0.3) is 0 Å². The fourth-order valence-corrected chi connectivity index (χ4v) is 4.58. The van der Waals surface area contributed by atoms with Gasteiger partial charge in [0.2, 0.25) is 0 Å². The molecule has 1 aliphatic rings. The van der Waals surface area contributed by atoms with Crippen LogP contribution >= 0.6 is 0 Å². The largest absolute Gasteiger partial charge is 0.354 e. The van der Waals surface area contributed by atoms with Gasteiger partial charge >= 0.3 is 0 Å². The zero-order chi connectivity index (χ0) is 18.4. The summed E-state index contributed by atoms with van der Waals surface area (Å²) in [6.45, 7) is 2.23. The number of aromatic amines is 1. The van der Waals surface area contributed by atoms with E-state index in [1.54, 1.807) is 0 Å². The van der Waals surface area contributed by atoms with Crippen LogP contribution in [0, 0.1) is 0 Å². The summed E-state index contributed by atoms with van der Waals surface area (Å²) in [5.74, 6) is 0.259. The minimum atomic E-state index is -0.178. The van der Waals surface area contributed by atoms with Gasteiger partial charge in [-0.15, -0.1) is 0 Å². The number of para-hydroxylation sites is 1. The number of fused-ring (bicyclic) bond motifs is 2. The first-order chi connectivity index (χ1) is 13.2. The zero-order valence-electron chi connectivity index (χ0n) is 15.3. The maximum Gasteiger partial charge on any atom is 0.164 e. The van der Waals surface area contributed by atoms with Gasteiger partial charge in [0.1, 0.15) is 0 Å². The predicted octanol–water partition coefficient (Wildman–Crippen LogP) is 5.92. The molecule has 0 radical (unpaired) electrons. The Balaban J connectivity index is 1.69. The van der Waals surface area contributed by atoms with E-state index in [2.05, 4.69) is 66.5 Å². The highest BCUT2D eigenvalue weighted by Crippen LogP contribution is 2.44. The van der Waals surface area contributed by atoms with Crippen LogP contribution in [0.4, 0.5) is 0 Å². The molecule has 0 aliphatic heterocycles. The molecule has 0 bridgehead atoms. The van der Waals surface area contributed by atoms with E-state index in [9.17, 15) is 4.79 Å². The lowest BCUT2D eigenvalue weighted by atomic mass is 9.77. The number of rotatable bonds is 3. The number of nitrogens with one attached hydrogen (secondary N) is 1. The van der Waals surface area contributed by atoms with Gasteiger partial charge in [-0.2, -0.15) is 0 Å². The molecule has 0 unspecified atom stereocenters. The third kappa shape index (κ3) is 2.52. The fourth-order valence-electron chi connectivity index (χ4n) is 4.58. The van der Waals surface area contributed by atoms with Gasteiger partial charge in [-0.1, -0.05) is 79.7 Å². The van der Waals surface area contributed by atoms with Crippen molar-refractivity contribution in [2.75, 3.05) is 0 Å². The molecule has 132 valence electrons. The highest BCUT2D eigenvalue weighted by atomic mass is 16.1. The molecule has 1 aromatic heterocycles. The van der Waals surface area contributed by atoms with E-state index in [1.165, 1.54) is 22.1 Å². The van der Waals surface area contributed by atoms with Crippen LogP contribution in [0.25, 0.3) is 22.2 Å². The normalized spacial score (nSPS) is 18.8. The van der Waals surface area contributed by atoms with Crippen LogP contribution in [0.5, 0.6) is 0 Å². The number of benzene rings is 3. The average molecular weight is 351 g/mol. The molecular weight excluding hydrogens is 330 g/mol. The van der Waals surface area contributed by atoms with E-state index in [4.69, 9.17) is 0 Å². The molecule has 5 rings (SSSR count). The van der Waals surface area contributed by atoms with Crippen LogP contribution in [0.3, 0.4) is 0 Å². The number of hydrogen-bond acceptors (Lipinski definition) is 1. The SMILES string of the molecule is C[C@]1(Cc2c(-c3ccccc3)[nH]c3ccccc23)CC(=O)c2ccccc21. The van der Waals surface area contributed by atoms with Crippen molar-refractivity contribution in [3.63, 3.8) is 0 Å². The van der Waals surface area contributed by atoms with E-state index >= 15 is 0 Å². The Bertz CT molecular complexity index is 1160. The first kappa shape index (κ1) is 16.1. The minimum Gasteiger partial charge on any atom is -0.354 e. The van der Waals surface area contributed by atoms with Crippen LogP contribution < -0.4 is 0 Å². The Hall–Kier alpha value is -3.13. The maximum atomic E-state index is 12.6. The molecule has 0 amide bonds. The molecule has 2 heteroatoms. The van der Waals surface area contributed by atoms with Gasteiger partial charge in [-0.05, 0) is 29.2 Å². The topological polar surface area (TPSA) is 32.9 Å². The fraction of sp³-hybridized carbons (Fsp3) is 0.160. The number of Topliss-reactive ketones (excluding diaryl/α,β-unsaturated/α-hetero) is 1. The number of hydrogen-bond donors (Lipinski definition) is 1. The van der Waals surface area contributed by atoms with E-state index in [1.807, 2.05) is 24.3 Å². The second kappa shape index (κ2) is 5.95. The molecular formula is C25H21NO. The molecule has 1 heterocycles. The summed E-state index contributed by atoms with van der Waals surface area (Å²) >= 11 is 0. The second-order valence-corrected chi connectivity index (χ2v) is 7.77. The predicted molar refractivity (Wildman–Crippen MR) is 110 cm³/mol. The summed E-state index contributed by atoms with van der Waals surface area (Å²) in [6.07, 6.45) is 1.41. The lowest BCUT2D eigenvalue weighted by Gasteiger charge is -2.25. The van der Waals surface area contributed by atoms with E-state index in [0.717, 1.165) is 23.2 Å². The smallest absolute Gasteiger partial charge is 0.164 e. The van der Waals surface area contributed by atoms with Gasteiger partial charge in [0, 0.05) is 34.0 Å². The molecule has 0 spiro atoms. The Morgan fingerprint density at radius 2 is 1.59 bits per heavy atom. The van der Waals surface area contributed by atoms with E-state index in [0.29, 0.717) is 6.42 Å². The summed E-state index contributed by atoms with van der Waals surface area (Å²) in [7, 11) is 0. The van der Waals surface area contributed by atoms with Crippen molar-refractivity contribution in [2.45, 2.75) is 25.2 Å². The van der Waals surface area contributed by atoms with Gasteiger partial charge < -0.3 is 4.98 Å². The van der Waals surface area contributed by atoms with Crippen molar-refractivity contribution in [3.8, 4) is 11.3 Å². The summed E-state index contributed by atoms with van der Waals surface area (Å²) in [5, 5.41) is 1.24. The van der Waals surface area contributed by atoms with Gasteiger partial charge in [0.15, 0.2) is 5.78 Å². The molecule has 0 saturated carbocycles. The lowest BCUT2D eigenvalue weighted by Crippen LogP contribution is -2.22. The molecule has 1 atom stereocenters. The van der Waals surface area contributed by atoms with Crippen LogP contribution in [0.1, 0.15) is 34.8 Å². The van der Waals surface area contributed by atoms with Gasteiger partial charge in [-0.3, -0.25) is 4.79 Å². The first-order valence-corrected chi connectivity index (χ1v) is 9.43. The van der Waals surface area contributed by atoms with Crippen LogP contribution in [0.15, 0.2) is 78.9 Å². The van der Waals surface area contributed by atoms with Gasteiger partial charge in [0.05, 0.1) is 0 Å². The Labute approximate surface area is 158 Å². The monoisotopic (exact) mass is 351 g/mol. The second-order valence-electron chi connectivity index (χ2n) is 7.77. The van der Waals surface area contributed by atoms with Crippen LogP contribution in [-0.4, -0.2) is 10.8 Å². The summed E-state index contributed by atoms with van der Waals surface area (Å²) in [5.41, 5.74) is 6.68. The zero-order valence-corrected chi connectivity index (χ0v) is 15.3. The molecule has 3 aromatic carbocycles. The Morgan fingerprint density at radius 1 is 0.889 bits per heavy atom. The maximum absolute atomic E-state index is 12.6. The number of H-pyrrole nitrogens is 1. The highest BCUT2D eigenvalue weighted by molar-refractivity contribution is 6.02. The van der Waals surface area contributed by atoms with Crippen molar-refractivity contribution >= 4 is 16.7 Å². The lowest BCUT2D eigenvalue weighted by molar-refractivity contribution is 0.0976. The molecule has 1 N–H and O–H groups in total. The van der Waals surface area contributed by atoms with Crippen molar-refractivity contribution in [3.05, 3.63) is 95.6 Å². The van der Waals surface area contributed by atoms with Crippen molar-refractivity contribution in [1.82, 2.24) is 4.98 Å². The van der Waals surface area contributed by atoms with Crippen LogP contribution in [-0.2, 0) is 11.8 Å². The minimum absolute atomic E-state index is 0.178. The Morgan fingerprint density at radius 3 is 2.44 bits per heavy atom. The van der Waals surface area contributed by atoms with Crippen LogP contribution in [0.2, 0.25) is 0 Å². The number of aromatic nitrogens is 1. The summed E-state index contributed by atoms with van der Waals surface area (Å²) < 4.78 is 0. The highest BCUT2D eigenvalue weighted by Gasteiger charge is 2.40. The van der Waals surface area contributed by atoms with Crippen molar-refractivity contribution in [2.24, 2.45) is 0 Å². The molecule has 1 aliphatic carbocycles.